The van der Waals surface area contributed by atoms with Crippen LogP contribution < -0.4 is 0 Å². The van der Waals surface area contributed by atoms with Crippen LogP contribution in [0.1, 0.15) is 60.0 Å². The van der Waals surface area contributed by atoms with Crippen molar-refractivity contribution >= 4 is 15.9 Å². The zero-order valence-corrected chi connectivity index (χ0v) is 12.9. The molecular formula is C16H22BrF. The maximum atomic E-state index is 13.6. The van der Waals surface area contributed by atoms with Crippen molar-refractivity contribution in [2.75, 3.05) is 0 Å². The van der Waals surface area contributed by atoms with Gasteiger partial charge in [-0.1, -0.05) is 60.2 Å². The van der Waals surface area contributed by atoms with Gasteiger partial charge in [0.1, 0.15) is 5.82 Å². The lowest BCUT2D eigenvalue weighted by molar-refractivity contribution is 0.338. The van der Waals surface area contributed by atoms with Gasteiger partial charge >= 0.3 is 0 Å². The van der Waals surface area contributed by atoms with E-state index in [4.69, 9.17) is 0 Å². The molecule has 0 heterocycles. The number of rotatable bonds is 3. The van der Waals surface area contributed by atoms with E-state index in [1.807, 2.05) is 26.0 Å². The topological polar surface area (TPSA) is 0 Å². The summed E-state index contributed by atoms with van der Waals surface area (Å²) in [5, 5.41) is 0. The summed E-state index contributed by atoms with van der Waals surface area (Å²) in [5.41, 5.74) is 2.76. The van der Waals surface area contributed by atoms with E-state index in [1.54, 1.807) is 0 Å². The fraction of sp³-hybridized carbons (Fsp3) is 0.625. The lowest BCUT2D eigenvalue weighted by atomic mass is 9.85. The number of hydrogen-bond acceptors (Lipinski definition) is 0. The Hall–Kier alpha value is -0.370. The van der Waals surface area contributed by atoms with Gasteiger partial charge in [-0.25, -0.2) is 4.39 Å². The maximum absolute atomic E-state index is 13.6. The molecule has 0 bridgehead atoms. The van der Waals surface area contributed by atoms with E-state index >= 15 is 0 Å². The molecule has 1 aliphatic rings. The number of alkyl halides is 1. The molecule has 0 nitrogen and oxygen atoms in total. The van der Waals surface area contributed by atoms with E-state index in [2.05, 4.69) is 15.9 Å². The van der Waals surface area contributed by atoms with Gasteiger partial charge in [0.2, 0.25) is 0 Å². The molecule has 2 rings (SSSR count). The van der Waals surface area contributed by atoms with E-state index in [9.17, 15) is 4.39 Å². The molecular weight excluding hydrogens is 291 g/mol. The Labute approximate surface area is 118 Å². The van der Waals surface area contributed by atoms with Crippen LogP contribution in [-0.2, 0) is 0 Å². The van der Waals surface area contributed by atoms with Crippen LogP contribution in [0.3, 0.4) is 0 Å². The van der Waals surface area contributed by atoms with Gasteiger partial charge in [0.15, 0.2) is 0 Å². The highest BCUT2D eigenvalue weighted by molar-refractivity contribution is 9.09. The van der Waals surface area contributed by atoms with Crippen molar-refractivity contribution in [1.82, 2.24) is 0 Å². The highest BCUT2D eigenvalue weighted by atomic mass is 79.9. The molecule has 100 valence electrons. The summed E-state index contributed by atoms with van der Waals surface area (Å²) >= 11 is 3.79. The zero-order chi connectivity index (χ0) is 13.1. The molecule has 0 spiro atoms. The minimum Gasteiger partial charge on any atom is -0.206 e. The Balaban J connectivity index is 2.06. The van der Waals surface area contributed by atoms with E-state index in [0.29, 0.717) is 4.83 Å². The normalized spacial score (nSPS) is 18.9. The second kappa shape index (κ2) is 6.18. The van der Waals surface area contributed by atoms with Crippen molar-refractivity contribution in [3.8, 4) is 0 Å². The van der Waals surface area contributed by atoms with Crippen molar-refractivity contribution in [1.29, 1.82) is 0 Å². The van der Waals surface area contributed by atoms with Crippen LogP contribution in [-0.4, -0.2) is 0 Å². The Bertz CT molecular complexity index is 385. The fourth-order valence-corrected chi connectivity index (χ4v) is 3.80. The highest BCUT2D eigenvalue weighted by Gasteiger charge is 2.19. The summed E-state index contributed by atoms with van der Waals surface area (Å²) in [6.45, 7) is 3.71. The molecule has 0 radical (unpaired) electrons. The van der Waals surface area contributed by atoms with Crippen LogP contribution in [0.15, 0.2) is 12.1 Å². The van der Waals surface area contributed by atoms with Crippen molar-refractivity contribution in [2.24, 2.45) is 5.92 Å². The average molecular weight is 313 g/mol. The molecule has 0 aliphatic heterocycles. The lowest BCUT2D eigenvalue weighted by Gasteiger charge is -2.24. The number of benzene rings is 1. The number of hydrogen-bond donors (Lipinski definition) is 0. The molecule has 0 saturated heterocycles. The number of aryl methyl sites for hydroxylation is 2. The lowest BCUT2D eigenvalue weighted by Crippen LogP contribution is -2.09. The first kappa shape index (κ1) is 14.0. The van der Waals surface area contributed by atoms with Crippen LogP contribution in [0, 0.1) is 25.6 Å². The maximum Gasteiger partial charge on any atom is 0.129 e. The summed E-state index contributed by atoms with van der Waals surface area (Å²) < 4.78 is 13.6. The van der Waals surface area contributed by atoms with E-state index in [-0.39, 0.29) is 5.82 Å². The van der Waals surface area contributed by atoms with Crippen molar-refractivity contribution in [3.63, 3.8) is 0 Å². The monoisotopic (exact) mass is 312 g/mol. The van der Waals surface area contributed by atoms with Gasteiger partial charge in [-0.2, -0.15) is 0 Å². The van der Waals surface area contributed by atoms with Crippen LogP contribution in [0.25, 0.3) is 0 Å². The first-order valence-corrected chi connectivity index (χ1v) is 7.90. The average Bonchev–Trinajstić information content (AvgIpc) is 2.36. The molecule has 1 saturated carbocycles. The van der Waals surface area contributed by atoms with Crippen LogP contribution in [0.5, 0.6) is 0 Å². The van der Waals surface area contributed by atoms with Crippen LogP contribution in [0.4, 0.5) is 4.39 Å². The second-order valence-electron chi connectivity index (χ2n) is 5.68. The first-order valence-electron chi connectivity index (χ1n) is 6.98. The third kappa shape index (κ3) is 3.34. The van der Waals surface area contributed by atoms with Crippen molar-refractivity contribution in [2.45, 2.75) is 57.2 Å². The Morgan fingerprint density at radius 3 is 2.28 bits per heavy atom. The number of halogens is 2. The van der Waals surface area contributed by atoms with Gasteiger partial charge in [0, 0.05) is 4.83 Å². The third-order valence-electron chi connectivity index (χ3n) is 4.09. The van der Waals surface area contributed by atoms with Gasteiger partial charge in [0.05, 0.1) is 0 Å². The van der Waals surface area contributed by atoms with Gasteiger partial charge in [-0.3, -0.25) is 0 Å². The molecule has 1 aromatic rings. The van der Waals surface area contributed by atoms with Gasteiger partial charge in [-0.15, -0.1) is 0 Å². The summed E-state index contributed by atoms with van der Waals surface area (Å²) in [6.07, 6.45) is 8.07. The molecule has 2 heteroatoms. The Morgan fingerprint density at radius 2 is 1.72 bits per heavy atom. The minimum absolute atomic E-state index is 0.0592. The quantitative estimate of drug-likeness (QED) is 0.614. The largest absolute Gasteiger partial charge is 0.206 e. The van der Waals surface area contributed by atoms with Gasteiger partial charge < -0.3 is 0 Å². The third-order valence-corrected chi connectivity index (χ3v) is 4.99. The summed E-state index contributed by atoms with van der Waals surface area (Å²) in [6, 6.07) is 3.98. The Morgan fingerprint density at radius 1 is 1.17 bits per heavy atom. The molecule has 0 amide bonds. The van der Waals surface area contributed by atoms with E-state index in [1.165, 1.54) is 44.1 Å². The molecule has 1 fully saturated rings. The molecule has 0 aromatic heterocycles. The minimum atomic E-state index is -0.0592. The molecule has 0 N–H and O–H groups in total. The van der Waals surface area contributed by atoms with E-state index in [0.717, 1.165) is 17.0 Å². The van der Waals surface area contributed by atoms with Crippen molar-refractivity contribution < 1.29 is 4.39 Å². The smallest absolute Gasteiger partial charge is 0.129 e. The predicted octanol–water partition coefficient (Wildman–Crippen LogP) is 5.85. The molecule has 18 heavy (non-hydrogen) atoms. The van der Waals surface area contributed by atoms with Gasteiger partial charge in [-0.05, 0) is 42.9 Å². The standard InChI is InChI=1S/C16H22BrF/c1-11-8-14(9-12(2)16(11)18)15(17)10-13-6-4-3-5-7-13/h8-9,13,15H,3-7,10H2,1-2H3. The second-order valence-corrected chi connectivity index (χ2v) is 6.78. The first-order chi connectivity index (χ1) is 8.58. The summed E-state index contributed by atoms with van der Waals surface area (Å²) in [7, 11) is 0. The molecule has 1 aromatic carbocycles. The summed E-state index contributed by atoms with van der Waals surface area (Å²) in [4.78, 5) is 0.374. The highest BCUT2D eigenvalue weighted by Crippen LogP contribution is 2.37. The van der Waals surface area contributed by atoms with Crippen LogP contribution >= 0.6 is 15.9 Å². The molecule has 1 atom stereocenters. The summed E-state index contributed by atoms with van der Waals surface area (Å²) in [5.74, 6) is 0.782. The SMILES string of the molecule is Cc1cc(C(Br)CC2CCCCC2)cc(C)c1F. The van der Waals surface area contributed by atoms with Gasteiger partial charge in [0.25, 0.3) is 0 Å². The zero-order valence-electron chi connectivity index (χ0n) is 11.3. The van der Waals surface area contributed by atoms with E-state index < -0.39 is 0 Å². The molecule has 1 unspecified atom stereocenters. The van der Waals surface area contributed by atoms with Crippen LogP contribution in [0.2, 0.25) is 0 Å². The van der Waals surface area contributed by atoms with Crippen molar-refractivity contribution in [3.05, 3.63) is 34.6 Å². The fourth-order valence-electron chi connectivity index (χ4n) is 3.01. The Kier molecular flexibility index (Phi) is 4.83. The predicted molar refractivity (Wildman–Crippen MR) is 78.7 cm³/mol. The molecule has 1 aliphatic carbocycles.